The van der Waals surface area contributed by atoms with Crippen LogP contribution in [0, 0.1) is 40.9 Å². The summed E-state index contributed by atoms with van der Waals surface area (Å²) in [4.78, 5) is 0. The first-order valence-electron chi connectivity index (χ1n) is 5.62. The summed E-state index contributed by atoms with van der Waals surface area (Å²) in [5.74, 6) is 5.62. The Hall–Kier alpha value is -0.0800. The largest absolute Gasteiger partial charge is 0.393 e. The van der Waals surface area contributed by atoms with Crippen LogP contribution in [0.4, 0.5) is 0 Å². The fraction of sp³-hybridized carbons (Fsp3) is 1.00. The summed E-state index contributed by atoms with van der Waals surface area (Å²) >= 11 is 0. The molecule has 0 aromatic heterocycles. The Bertz CT molecular complexity index is 294. The van der Waals surface area contributed by atoms with Crippen LogP contribution in [0.25, 0.3) is 0 Å². The summed E-state index contributed by atoms with van der Waals surface area (Å²) in [5.41, 5.74) is 7.29. The number of hydrogen-bond acceptors (Lipinski definition) is 2. The molecule has 0 heterocycles. The molecule has 0 radical (unpaired) electrons. The van der Waals surface area contributed by atoms with Gasteiger partial charge in [-0.3, -0.25) is 0 Å². The van der Waals surface area contributed by atoms with Crippen molar-refractivity contribution in [2.75, 3.05) is 0 Å². The van der Waals surface area contributed by atoms with E-state index in [2.05, 4.69) is 0 Å². The molecule has 0 aromatic rings. The van der Waals surface area contributed by atoms with Crippen molar-refractivity contribution in [2.45, 2.75) is 25.0 Å². The second-order valence-electron chi connectivity index (χ2n) is 6.32. The molecule has 2 heteroatoms. The number of nitrogens with two attached hydrogens (primary N) is 1. The Kier molecular flexibility index (Phi) is 0.609. The summed E-state index contributed by atoms with van der Waals surface area (Å²) in [6.45, 7) is 1.94. The van der Waals surface area contributed by atoms with Gasteiger partial charge in [0.15, 0.2) is 0 Å². The summed E-state index contributed by atoms with van der Waals surface area (Å²) in [5, 5.41) is 9.49. The van der Waals surface area contributed by atoms with E-state index in [-0.39, 0.29) is 6.10 Å². The summed E-state index contributed by atoms with van der Waals surface area (Å²) in [6, 6.07) is 0. The Morgan fingerprint density at radius 3 is 2.00 bits per heavy atom. The normalized spacial score (nSPS) is 85.2. The third kappa shape index (κ3) is 0.278. The average molecular weight is 177 g/mol. The van der Waals surface area contributed by atoms with E-state index in [1.54, 1.807) is 0 Å². The maximum Gasteiger partial charge on any atom is 0.0517 e. The van der Waals surface area contributed by atoms with Crippen LogP contribution in [-0.2, 0) is 0 Å². The number of hydrogen-bond donors (Lipinski definition) is 2. The van der Waals surface area contributed by atoms with Crippen molar-refractivity contribution in [3.63, 3.8) is 0 Å². The molecule has 6 aliphatic carbocycles. The van der Waals surface area contributed by atoms with Gasteiger partial charge in [0.25, 0.3) is 0 Å². The fourth-order valence-corrected chi connectivity index (χ4v) is 6.75. The minimum absolute atomic E-state index is 0.0845. The average Bonchev–Trinajstić information content (AvgIpc) is 2.10. The van der Waals surface area contributed by atoms with E-state index < -0.39 is 0 Å². The molecule has 0 saturated heterocycles. The van der Waals surface area contributed by atoms with Crippen LogP contribution in [-0.4, -0.2) is 16.7 Å². The van der Waals surface area contributed by atoms with Gasteiger partial charge in [-0.1, -0.05) is 0 Å². The second kappa shape index (κ2) is 1.24. The minimum Gasteiger partial charge on any atom is -0.393 e. The fourth-order valence-electron chi connectivity index (χ4n) is 6.75. The van der Waals surface area contributed by atoms with E-state index in [0.29, 0.717) is 11.0 Å². The van der Waals surface area contributed by atoms with Crippen LogP contribution in [0.3, 0.4) is 0 Å². The van der Waals surface area contributed by atoms with Gasteiger partial charge >= 0.3 is 0 Å². The summed E-state index contributed by atoms with van der Waals surface area (Å²) in [6.07, 6.45) is 0.991. The standard InChI is InChI=1S/C11H15NO/c1-3(13)2-10-4-7-5(10)9-6(10)8(4)11(7,9)12/h3-9,13H,2,12H2,1H3. The van der Waals surface area contributed by atoms with Gasteiger partial charge < -0.3 is 10.8 Å². The van der Waals surface area contributed by atoms with Crippen LogP contribution < -0.4 is 5.73 Å². The molecule has 0 spiro atoms. The lowest BCUT2D eigenvalue weighted by Gasteiger charge is -3.11. The molecule has 3 N–H and O–H groups in total. The molecule has 1 unspecified atom stereocenters. The predicted molar refractivity (Wildman–Crippen MR) is 46.6 cm³/mol. The van der Waals surface area contributed by atoms with Crippen molar-refractivity contribution in [1.29, 1.82) is 0 Å². The van der Waals surface area contributed by atoms with E-state index in [1.807, 2.05) is 6.92 Å². The topological polar surface area (TPSA) is 46.2 Å². The third-order valence-electron chi connectivity index (χ3n) is 6.56. The molecule has 6 fully saturated rings. The van der Waals surface area contributed by atoms with Gasteiger partial charge in [0, 0.05) is 5.54 Å². The number of aliphatic hydroxyl groups is 1. The Labute approximate surface area is 77.5 Å². The van der Waals surface area contributed by atoms with Crippen molar-refractivity contribution < 1.29 is 5.11 Å². The first-order chi connectivity index (χ1) is 6.15. The van der Waals surface area contributed by atoms with Crippen LogP contribution in [0.5, 0.6) is 0 Å². The third-order valence-corrected chi connectivity index (χ3v) is 6.56. The molecular formula is C11H15NO. The molecule has 2 nitrogen and oxygen atoms in total. The SMILES string of the molecule is CC(O)CC12C3C4C1C1C2C3C41N. The molecule has 0 aliphatic heterocycles. The lowest BCUT2D eigenvalue weighted by Crippen LogP contribution is -3.14. The maximum absolute atomic E-state index is 9.49. The zero-order valence-corrected chi connectivity index (χ0v) is 7.77. The molecule has 0 bridgehead atoms. The van der Waals surface area contributed by atoms with Crippen molar-refractivity contribution in [2.24, 2.45) is 46.7 Å². The lowest BCUT2D eigenvalue weighted by atomic mass is 8.94. The molecular weight excluding hydrogens is 162 g/mol. The highest BCUT2D eigenvalue weighted by Gasteiger charge is 3.08. The minimum atomic E-state index is -0.0845. The molecule has 6 saturated carbocycles. The van der Waals surface area contributed by atoms with Crippen molar-refractivity contribution in [1.82, 2.24) is 0 Å². The van der Waals surface area contributed by atoms with Gasteiger partial charge in [-0.25, -0.2) is 0 Å². The Morgan fingerprint density at radius 2 is 1.62 bits per heavy atom. The molecule has 6 rings (SSSR count). The summed E-state index contributed by atoms with van der Waals surface area (Å²) in [7, 11) is 0. The van der Waals surface area contributed by atoms with Gasteiger partial charge in [-0.05, 0) is 54.3 Å². The monoisotopic (exact) mass is 177 g/mol. The van der Waals surface area contributed by atoms with Crippen LogP contribution >= 0.6 is 0 Å². The highest BCUT2D eigenvalue weighted by molar-refractivity contribution is 5.57. The van der Waals surface area contributed by atoms with Crippen LogP contribution in [0.2, 0.25) is 0 Å². The van der Waals surface area contributed by atoms with Crippen molar-refractivity contribution >= 4 is 0 Å². The second-order valence-corrected chi connectivity index (χ2v) is 6.32. The first kappa shape index (κ1) is 6.41. The summed E-state index contributed by atoms with van der Waals surface area (Å²) < 4.78 is 0. The molecule has 1 atom stereocenters. The van der Waals surface area contributed by atoms with E-state index in [1.165, 1.54) is 0 Å². The van der Waals surface area contributed by atoms with Crippen LogP contribution in [0.15, 0.2) is 0 Å². The number of aliphatic hydroxyl groups excluding tert-OH is 1. The molecule has 70 valence electrons. The Balaban J connectivity index is 1.56. The van der Waals surface area contributed by atoms with Gasteiger partial charge in [-0.15, -0.1) is 0 Å². The van der Waals surface area contributed by atoms with E-state index in [4.69, 9.17) is 5.73 Å². The van der Waals surface area contributed by atoms with Crippen molar-refractivity contribution in [3.05, 3.63) is 0 Å². The van der Waals surface area contributed by atoms with Crippen LogP contribution in [0.1, 0.15) is 13.3 Å². The zero-order valence-electron chi connectivity index (χ0n) is 7.77. The van der Waals surface area contributed by atoms with E-state index in [0.717, 1.165) is 41.9 Å². The predicted octanol–water partition coefficient (Wildman–Crippen LogP) is 0.206. The maximum atomic E-state index is 9.49. The highest BCUT2D eigenvalue weighted by atomic mass is 16.3. The molecule has 13 heavy (non-hydrogen) atoms. The molecule has 0 aromatic carbocycles. The highest BCUT2D eigenvalue weighted by Crippen LogP contribution is 3.07. The molecule has 6 aliphatic rings. The number of rotatable bonds is 2. The van der Waals surface area contributed by atoms with Gasteiger partial charge in [-0.2, -0.15) is 0 Å². The zero-order chi connectivity index (χ0) is 8.75. The van der Waals surface area contributed by atoms with Gasteiger partial charge in [0.05, 0.1) is 6.10 Å². The van der Waals surface area contributed by atoms with Crippen molar-refractivity contribution in [3.8, 4) is 0 Å². The lowest BCUT2D eigenvalue weighted by molar-refractivity contribution is -0.622. The molecule has 0 amide bonds. The van der Waals surface area contributed by atoms with E-state index in [9.17, 15) is 5.11 Å². The van der Waals surface area contributed by atoms with E-state index >= 15 is 0 Å². The quantitative estimate of drug-likeness (QED) is 0.633. The first-order valence-corrected chi connectivity index (χ1v) is 5.62. The van der Waals surface area contributed by atoms with Gasteiger partial charge in [0.1, 0.15) is 0 Å². The van der Waals surface area contributed by atoms with Gasteiger partial charge in [0.2, 0.25) is 0 Å². The Morgan fingerprint density at radius 1 is 1.15 bits per heavy atom. The smallest absolute Gasteiger partial charge is 0.0517 e.